The quantitative estimate of drug-likeness (QED) is 0.341. The third-order valence-corrected chi connectivity index (χ3v) is 7.33. The Bertz CT molecular complexity index is 1560. The molecule has 194 valence electrons. The molecular weight excluding hydrogens is 500 g/mol. The molecule has 0 bridgehead atoms. The minimum absolute atomic E-state index is 0.109. The predicted octanol–water partition coefficient (Wildman–Crippen LogP) is 5.26. The van der Waals surface area contributed by atoms with Crippen molar-refractivity contribution < 1.29 is 9.59 Å². The highest BCUT2D eigenvalue weighted by molar-refractivity contribution is 6.00. The molecule has 0 saturated carbocycles. The van der Waals surface area contributed by atoms with Gasteiger partial charge in [-0.15, -0.1) is 0 Å². The first-order valence-electron chi connectivity index (χ1n) is 12.9. The van der Waals surface area contributed by atoms with Crippen molar-refractivity contribution in [3.63, 3.8) is 0 Å². The lowest BCUT2D eigenvalue weighted by Gasteiger charge is -2.32. The van der Waals surface area contributed by atoms with Crippen molar-refractivity contribution in [1.82, 2.24) is 9.80 Å². The van der Waals surface area contributed by atoms with Crippen molar-refractivity contribution in [2.24, 2.45) is 0 Å². The Labute approximate surface area is 231 Å². The molecule has 2 amide bonds. The number of nitrogens with zero attached hydrogens (tertiary/aromatic N) is 4. The summed E-state index contributed by atoms with van der Waals surface area (Å²) >= 11 is 0. The van der Waals surface area contributed by atoms with Crippen molar-refractivity contribution in [1.29, 1.82) is 10.5 Å². The second-order valence-corrected chi connectivity index (χ2v) is 9.64. The largest absolute Gasteiger partial charge is 0.361 e. The molecule has 2 aliphatic rings. The van der Waals surface area contributed by atoms with Gasteiger partial charge in [-0.1, -0.05) is 36.4 Å². The third-order valence-electron chi connectivity index (χ3n) is 7.33. The molecule has 2 heterocycles. The first-order chi connectivity index (χ1) is 19.6. The van der Waals surface area contributed by atoms with Gasteiger partial charge in [-0.2, -0.15) is 10.5 Å². The number of carbonyl (C=O) groups excluding carboxylic acids is 2. The number of hydrogen-bond acceptors (Lipinski definition) is 6. The standard InChI is InChI=1S/C32H24N6O2/c33-19-21-9-13-23(14-10-21)35-29-25-5-1-3-7-27(25)31(39)37(29)17-18-38-30(26-6-2-4-8-28(26)32(38)40)36-24-15-11-22(20-34)12-16-24/h1-16,29-30,35-36H,17-18H2/t29-,30-/m0/s1. The molecule has 8 heteroatoms. The molecule has 8 nitrogen and oxygen atoms in total. The maximum absolute atomic E-state index is 13.5. The molecule has 0 unspecified atom stereocenters. The molecule has 4 aromatic carbocycles. The van der Waals surface area contributed by atoms with Crippen molar-refractivity contribution >= 4 is 23.2 Å². The van der Waals surface area contributed by atoms with Crippen LogP contribution in [-0.4, -0.2) is 34.7 Å². The van der Waals surface area contributed by atoms with Crippen molar-refractivity contribution in [3.05, 3.63) is 130 Å². The Morgan fingerprint density at radius 3 is 1.32 bits per heavy atom. The fraction of sp³-hybridized carbons (Fsp3) is 0.125. The summed E-state index contributed by atoms with van der Waals surface area (Å²) < 4.78 is 0. The summed E-state index contributed by atoms with van der Waals surface area (Å²) in [4.78, 5) is 30.6. The summed E-state index contributed by atoms with van der Waals surface area (Å²) in [5, 5.41) is 25.2. The number of nitriles is 2. The smallest absolute Gasteiger partial charge is 0.256 e. The predicted molar refractivity (Wildman–Crippen MR) is 150 cm³/mol. The number of hydrogen-bond donors (Lipinski definition) is 2. The van der Waals surface area contributed by atoms with Gasteiger partial charge in [-0.3, -0.25) is 9.59 Å². The molecule has 2 N–H and O–H groups in total. The van der Waals surface area contributed by atoms with Crippen LogP contribution in [0.1, 0.15) is 55.3 Å². The van der Waals surface area contributed by atoms with Gasteiger partial charge < -0.3 is 20.4 Å². The SMILES string of the molecule is N#Cc1ccc(N[C@@H]2c3ccccc3C(=O)N2CCN2C(=O)c3ccccc3[C@H]2Nc2ccc(C#N)cc2)cc1. The van der Waals surface area contributed by atoms with E-state index in [-0.39, 0.29) is 11.8 Å². The zero-order valence-electron chi connectivity index (χ0n) is 21.4. The van der Waals surface area contributed by atoms with Crippen LogP contribution in [0.3, 0.4) is 0 Å². The maximum Gasteiger partial charge on any atom is 0.256 e. The zero-order valence-corrected chi connectivity index (χ0v) is 21.4. The Morgan fingerprint density at radius 2 is 0.950 bits per heavy atom. The second kappa shape index (κ2) is 10.3. The van der Waals surface area contributed by atoms with Crippen LogP contribution in [-0.2, 0) is 0 Å². The minimum Gasteiger partial charge on any atom is -0.361 e. The molecular formula is C32H24N6O2. The Kier molecular flexibility index (Phi) is 6.35. The van der Waals surface area contributed by atoms with Crippen LogP contribution in [0.4, 0.5) is 11.4 Å². The molecule has 0 aromatic heterocycles. The van der Waals surface area contributed by atoms with E-state index in [9.17, 15) is 9.59 Å². The van der Waals surface area contributed by atoms with Gasteiger partial charge in [-0.05, 0) is 60.7 Å². The minimum atomic E-state index is -0.429. The lowest BCUT2D eigenvalue weighted by molar-refractivity contribution is 0.0634. The van der Waals surface area contributed by atoms with E-state index in [2.05, 4.69) is 22.8 Å². The van der Waals surface area contributed by atoms with Crippen LogP contribution < -0.4 is 10.6 Å². The van der Waals surface area contributed by atoms with E-state index in [0.717, 1.165) is 22.5 Å². The fourth-order valence-corrected chi connectivity index (χ4v) is 5.33. The van der Waals surface area contributed by atoms with Gasteiger partial charge in [0.05, 0.1) is 23.3 Å². The van der Waals surface area contributed by atoms with Crippen LogP contribution in [0.5, 0.6) is 0 Å². The van der Waals surface area contributed by atoms with Gasteiger partial charge in [0.15, 0.2) is 0 Å². The lowest BCUT2D eigenvalue weighted by atomic mass is 10.1. The maximum atomic E-state index is 13.5. The van der Waals surface area contributed by atoms with Crippen molar-refractivity contribution in [2.75, 3.05) is 23.7 Å². The molecule has 6 rings (SSSR count). The second-order valence-electron chi connectivity index (χ2n) is 9.64. The molecule has 2 atom stereocenters. The summed E-state index contributed by atoms with van der Waals surface area (Å²) in [6, 6.07) is 33.4. The molecule has 2 aliphatic heterocycles. The van der Waals surface area contributed by atoms with E-state index in [1.54, 1.807) is 34.1 Å². The Morgan fingerprint density at radius 1 is 0.575 bits per heavy atom. The lowest BCUT2D eigenvalue weighted by Crippen LogP contribution is -2.42. The van der Waals surface area contributed by atoms with Crippen LogP contribution in [0, 0.1) is 22.7 Å². The number of anilines is 2. The number of rotatable bonds is 7. The number of nitrogens with one attached hydrogen (secondary N) is 2. The molecule has 0 spiro atoms. The van der Waals surface area contributed by atoms with E-state index in [4.69, 9.17) is 10.5 Å². The fourth-order valence-electron chi connectivity index (χ4n) is 5.33. The molecule has 0 radical (unpaired) electrons. The van der Waals surface area contributed by atoms with E-state index < -0.39 is 12.3 Å². The third kappa shape index (κ3) is 4.38. The van der Waals surface area contributed by atoms with Crippen LogP contribution in [0.15, 0.2) is 97.1 Å². The summed E-state index contributed by atoms with van der Waals surface area (Å²) in [6.45, 7) is 0.597. The van der Waals surface area contributed by atoms with E-state index in [1.165, 1.54) is 0 Å². The Balaban J connectivity index is 1.27. The summed E-state index contributed by atoms with van der Waals surface area (Å²) in [6.07, 6.45) is -0.858. The summed E-state index contributed by atoms with van der Waals surface area (Å²) in [5.41, 5.74) is 5.64. The first kappa shape index (κ1) is 24.7. The first-order valence-corrected chi connectivity index (χ1v) is 12.9. The average Bonchev–Trinajstić information content (AvgIpc) is 3.42. The summed E-state index contributed by atoms with van der Waals surface area (Å²) in [5.74, 6) is -0.218. The normalized spacial score (nSPS) is 17.1. The van der Waals surface area contributed by atoms with Gasteiger partial charge in [-0.25, -0.2) is 0 Å². The average molecular weight is 525 g/mol. The van der Waals surface area contributed by atoms with E-state index >= 15 is 0 Å². The highest BCUT2D eigenvalue weighted by Crippen LogP contribution is 2.37. The topological polar surface area (TPSA) is 112 Å². The van der Waals surface area contributed by atoms with Crippen LogP contribution >= 0.6 is 0 Å². The van der Waals surface area contributed by atoms with Crippen molar-refractivity contribution in [2.45, 2.75) is 12.3 Å². The van der Waals surface area contributed by atoms with Crippen molar-refractivity contribution in [3.8, 4) is 12.1 Å². The van der Waals surface area contributed by atoms with Gasteiger partial charge in [0.25, 0.3) is 11.8 Å². The van der Waals surface area contributed by atoms with Gasteiger partial charge >= 0.3 is 0 Å². The van der Waals surface area contributed by atoms with E-state index in [1.807, 2.05) is 72.8 Å². The van der Waals surface area contributed by atoms with Gasteiger partial charge in [0.1, 0.15) is 12.3 Å². The summed E-state index contributed by atoms with van der Waals surface area (Å²) in [7, 11) is 0. The molecule has 0 aliphatic carbocycles. The monoisotopic (exact) mass is 524 g/mol. The van der Waals surface area contributed by atoms with Crippen LogP contribution in [0.2, 0.25) is 0 Å². The van der Waals surface area contributed by atoms with E-state index in [0.29, 0.717) is 35.3 Å². The Hall–Kier alpha value is -5.60. The highest BCUT2D eigenvalue weighted by Gasteiger charge is 2.40. The number of carbonyl (C=O) groups is 2. The van der Waals surface area contributed by atoms with Gasteiger partial charge in [0, 0.05) is 46.7 Å². The molecule has 4 aromatic rings. The van der Waals surface area contributed by atoms with Crippen LogP contribution in [0.25, 0.3) is 0 Å². The number of fused-ring (bicyclic) bond motifs is 2. The van der Waals surface area contributed by atoms with Gasteiger partial charge in [0.2, 0.25) is 0 Å². The number of benzene rings is 4. The molecule has 0 saturated heterocycles. The molecule has 40 heavy (non-hydrogen) atoms. The molecule has 0 fully saturated rings. The zero-order chi connectivity index (χ0) is 27.6. The number of amides is 2. The highest BCUT2D eigenvalue weighted by atomic mass is 16.2.